The van der Waals surface area contributed by atoms with Crippen molar-refractivity contribution < 1.29 is 0 Å². The molecule has 0 spiro atoms. The van der Waals surface area contributed by atoms with Gasteiger partial charge in [-0.15, -0.1) is 0 Å². The van der Waals surface area contributed by atoms with Crippen LogP contribution in [0, 0.1) is 0 Å². The minimum Gasteiger partial charge on any atom is -0.362 e. The van der Waals surface area contributed by atoms with Gasteiger partial charge in [-0.3, -0.25) is 9.98 Å². The Kier molecular flexibility index (Phi) is 3.03. The highest BCUT2D eigenvalue weighted by Gasteiger charge is 2.14. The van der Waals surface area contributed by atoms with Gasteiger partial charge >= 0.3 is 0 Å². The SMILES string of the molecule is CC1CSC(=NCc2ccccn2)N1. The summed E-state index contributed by atoms with van der Waals surface area (Å²) >= 11 is 1.78. The van der Waals surface area contributed by atoms with E-state index in [0.29, 0.717) is 12.6 Å². The first kappa shape index (κ1) is 9.52. The molecule has 1 aromatic rings. The van der Waals surface area contributed by atoms with E-state index in [1.54, 1.807) is 18.0 Å². The van der Waals surface area contributed by atoms with Crippen molar-refractivity contribution in [3.05, 3.63) is 30.1 Å². The van der Waals surface area contributed by atoms with Gasteiger partial charge in [-0.05, 0) is 19.1 Å². The zero-order chi connectivity index (χ0) is 9.80. The van der Waals surface area contributed by atoms with Crippen LogP contribution in [0.1, 0.15) is 12.6 Å². The number of amidine groups is 1. The van der Waals surface area contributed by atoms with Gasteiger partial charge in [0.2, 0.25) is 0 Å². The number of hydrogen-bond acceptors (Lipinski definition) is 3. The van der Waals surface area contributed by atoms with Crippen LogP contribution in [0.2, 0.25) is 0 Å². The van der Waals surface area contributed by atoms with Crippen molar-refractivity contribution in [3.63, 3.8) is 0 Å². The minimum absolute atomic E-state index is 0.544. The summed E-state index contributed by atoms with van der Waals surface area (Å²) in [4.78, 5) is 8.66. The van der Waals surface area contributed by atoms with Crippen molar-refractivity contribution in [1.29, 1.82) is 0 Å². The summed E-state index contributed by atoms with van der Waals surface area (Å²) in [5.74, 6) is 1.11. The van der Waals surface area contributed by atoms with E-state index >= 15 is 0 Å². The van der Waals surface area contributed by atoms with Crippen LogP contribution in [0.5, 0.6) is 0 Å². The van der Waals surface area contributed by atoms with Crippen LogP contribution in [-0.4, -0.2) is 21.9 Å². The van der Waals surface area contributed by atoms with Gasteiger partial charge < -0.3 is 5.32 Å². The molecule has 1 aromatic heterocycles. The highest BCUT2D eigenvalue weighted by atomic mass is 32.2. The van der Waals surface area contributed by atoms with E-state index in [4.69, 9.17) is 0 Å². The van der Waals surface area contributed by atoms with Crippen molar-refractivity contribution in [3.8, 4) is 0 Å². The van der Waals surface area contributed by atoms with E-state index in [1.165, 1.54) is 0 Å². The molecule has 2 rings (SSSR count). The number of nitrogens with one attached hydrogen (secondary N) is 1. The number of pyridine rings is 1. The topological polar surface area (TPSA) is 37.3 Å². The quantitative estimate of drug-likeness (QED) is 0.801. The van der Waals surface area contributed by atoms with Gasteiger partial charge in [0.15, 0.2) is 5.17 Å². The molecule has 0 bridgehead atoms. The van der Waals surface area contributed by atoms with Crippen molar-refractivity contribution in [1.82, 2.24) is 10.3 Å². The van der Waals surface area contributed by atoms with Gasteiger partial charge in [0.05, 0.1) is 12.2 Å². The fraction of sp³-hybridized carbons (Fsp3) is 0.400. The second-order valence-electron chi connectivity index (χ2n) is 3.30. The first-order valence-corrected chi connectivity index (χ1v) is 5.67. The lowest BCUT2D eigenvalue weighted by molar-refractivity contribution is 0.763. The highest BCUT2D eigenvalue weighted by molar-refractivity contribution is 8.14. The zero-order valence-electron chi connectivity index (χ0n) is 8.10. The average molecular weight is 207 g/mol. The molecule has 3 nitrogen and oxygen atoms in total. The lowest BCUT2D eigenvalue weighted by Gasteiger charge is -2.00. The van der Waals surface area contributed by atoms with E-state index in [1.807, 2.05) is 18.2 Å². The number of hydrogen-bond donors (Lipinski definition) is 1. The molecule has 0 radical (unpaired) electrons. The van der Waals surface area contributed by atoms with E-state index in [9.17, 15) is 0 Å². The third-order valence-corrected chi connectivity index (χ3v) is 3.14. The first-order valence-electron chi connectivity index (χ1n) is 4.68. The Hall–Kier alpha value is -1.03. The van der Waals surface area contributed by atoms with Crippen LogP contribution in [0.15, 0.2) is 29.4 Å². The molecular weight excluding hydrogens is 194 g/mol. The van der Waals surface area contributed by atoms with Crippen LogP contribution in [0.25, 0.3) is 0 Å². The fourth-order valence-corrected chi connectivity index (χ4v) is 2.17. The molecule has 1 aliphatic heterocycles. The molecule has 1 saturated heterocycles. The molecule has 1 atom stereocenters. The Morgan fingerprint density at radius 1 is 1.64 bits per heavy atom. The third-order valence-electron chi connectivity index (χ3n) is 1.95. The molecule has 74 valence electrons. The summed E-state index contributed by atoms with van der Waals surface area (Å²) in [5, 5.41) is 4.35. The fourth-order valence-electron chi connectivity index (χ4n) is 1.23. The number of rotatable bonds is 2. The Balaban J connectivity index is 1.94. The van der Waals surface area contributed by atoms with Crippen LogP contribution in [-0.2, 0) is 6.54 Å². The Morgan fingerprint density at radius 2 is 2.57 bits per heavy atom. The van der Waals surface area contributed by atoms with Crippen molar-refractivity contribution in [2.75, 3.05) is 5.75 Å². The number of nitrogens with zero attached hydrogens (tertiary/aromatic N) is 2. The number of thioether (sulfide) groups is 1. The molecule has 0 aliphatic carbocycles. The largest absolute Gasteiger partial charge is 0.362 e. The lowest BCUT2D eigenvalue weighted by Crippen LogP contribution is -2.23. The maximum absolute atomic E-state index is 4.45. The molecule has 0 aromatic carbocycles. The smallest absolute Gasteiger partial charge is 0.157 e. The highest BCUT2D eigenvalue weighted by Crippen LogP contribution is 2.13. The lowest BCUT2D eigenvalue weighted by atomic mass is 10.3. The van der Waals surface area contributed by atoms with E-state index in [-0.39, 0.29) is 0 Å². The van der Waals surface area contributed by atoms with Gasteiger partial charge in [-0.1, -0.05) is 17.8 Å². The third kappa shape index (κ3) is 2.48. The van der Waals surface area contributed by atoms with Gasteiger partial charge in [-0.25, -0.2) is 0 Å². The van der Waals surface area contributed by atoms with Crippen LogP contribution >= 0.6 is 11.8 Å². The van der Waals surface area contributed by atoms with Crippen LogP contribution < -0.4 is 5.32 Å². The molecule has 1 aliphatic rings. The molecule has 0 amide bonds. The normalized spacial score (nSPS) is 23.8. The Labute approximate surface area is 88.0 Å². The summed E-state index contributed by atoms with van der Waals surface area (Å²) in [7, 11) is 0. The Bertz CT molecular complexity index is 323. The number of aliphatic imine (C=N–C) groups is 1. The van der Waals surface area contributed by atoms with Crippen molar-refractivity contribution >= 4 is 16.9 Å². The van der Waals surface area contributed by atoms with Gasteiger partial charge in [-0.2, -0.15) is 0 Å². The second-order valence-corrected chi connectivity index (χ2v) is 4.31. The van der Waals surface area contributed by atoms with Crippen LogP contribution in [0.4, 0.5) is 0 Å². The molecule has 1 unspecified atom stereocenters. The van der Waals surface area contributed by atoms with Gasteiger partial charge in [0.25, 0.3) is 0 Å². The van der Waals surface area contributed by atoms with Crippen molar-refractivity contribution in [2.24, 2.45) is 4.99 Å². The Morgan fingerprint density at radius 3 is 3.21 bits per heavy atom. The number of aromatic nitrogens is 1. The van der Waals surface area contributed by atoms with Gasteiger partial charge in [0.1, 0.15) is 0 Å². The summed E-state index contributed by atoms with van der Waals surface area (Å²) in [6.45, 7) is 2.83. The van der Waals surface area contributed by atoms with Crippen LogP contribution in [0.3, 0.4) is 0 Å². The predicted molar refractivity (Wildman–Crippen MR) is 60.4 cm³/mol. The first-order chi connectivity index (χ1) is 6.84. The molecular formula is C10H13N3S. The second kappa shape index (κ2) is 4.46. The molecule has 1 fully saturated rings. The zero-order valence-corrected chi connectivity index (χ0v) is 8.92. The van der Waals surface area contributed by atoms with E-state index in [2.05, 4.69) is 22.2 Å². The molecule has 4 heteroatoms. The van der Waals surface area contributed by atoms with E-state index in [0.717, 1.165) is 16.6 Å². The predicted octanol–water partition coefficient (Wildman–Crippen LogP) is 1.66. The summed E-state index contributed by atoms with van der Waals surface area (Å²) in [6, 6.07) is 6.44. The molecule has 2 heterocycles. The molecule has 0 saturated carbocycles. The maximum Gasteiger partial charge on any atom is 0.157 e. The average Bonchev–Trinajstić information content (AvgIpc) is 2.63. The maximum atomic E-state index is 4.45. The summed E-state index contributed by atoms with van der Waals surface area (Å²) in [5.41, 5.74) is 1.02. The monoisotopic (exact) mass is 207 g/mol. The summed E-state index contributed by atoms with van der Waals surface area (Å²) < 4.78 is 0. The van der Waals surface area contributed by atoms with E-state index < -0.39 is 0 Å². The van der Waals surface area contributed by atoms with Crippen molar-refractivity contribution in [2.45, 2.75) is 19.5 Å². The minimum atomic E-state index is 0.544. The summed E-state index contributed by atoms with van der Waals surface area (Å²) in [6.07, 6.45) is 1.80. The molecule has 14 heavy (non-hydrogen) atoms. The standard InChI is InChI=1S/C10H13N3S/c1-8-7-14-10(13-8)12-6-9-4-2-3-5-11-9/h2-5,8H,6-7H2,1H3,(H,12,13). The van der Waals surface area contributed by atoms with Gasteiger partial charge in [0, 0.05) is 18.0 Å². The molecule has 1 N–H and O–H groups in total.